The Morgan fingerprint density at radius 1 is 1.05 bits per heavy atom. The van der Waals surface area contributed by atoms with Gasteiger partial charge < -0.3 is 9.47 Å². The fourth-order valence-electron chi connectivity index (χ4n) is 4.94. The predicted molar refractivity (Wildman–Crippen MR) is 175 cm³/mol. The highest BCUT2D eigenvalue weighted by atomic mass is 79.9. The number of nitrogens with zero attached hydrogens (tertiary/aromatic N) is 2. The number of ether oxygens (including phenoxy) is 2. The van der Waals surface area contributed by atoms with Gasteiger partial charge in [-0.15, -0.1) is 0 Å². The normalized spacial score (nSPS) is 15.0. The molecule has 4 aromatic rings. The number of rotatable bonds is 8. The van der Waals surface area contributed by atoms with Gasteiger partial charge in [-0.25, -0.2) is 9.79 Å². The van der Waals surface area contributed by atoms with Crippen molar-refractivity contribution in [3.63, 3.8) is 0 Å². The van der Waals surface area contributed by atoms with E-state index in [9.17, 15) is 9.59 Å². The van der Waals surface area contributed by atoms with Crippen LogP contribution >= 0.6 is 43.2 Å². The number of carbonyl (C=O) groups excluding carboxylic acids is 1. The first-order valence-corrected chi connectivity index (χ1v) is 16.1. The zero-order valence-corrected chi connectivity index (χ0v) is 27.7. The molecule has 0 unspecified atom stereocenters. The number of benzene rings is 3. The van der Waals surface area contributed by atoms with Crippen LogP contribution in [0, 0.1) is 0 Å². The van der Waals surface area contributed by atoms with Crippen LogP contribution in [-0.4, -0.2) is 23.8 Å². The number of hydrogen-bond acceptors (Lipinski definition) is 6. The summed E-state index contributed by atoms with van der Waals surface area (Å²) in [5.41, 5.74) is 4.08. The quantitative estimate of drug-likeness (QED) is 0.185. The van der Waals surface area contributed by atoms with Gasteiger partial charge in [0.1, 0.15) is 5.75 Å². The minimum absolute atomic E-state index is 0.200. The zero-order valence-electron chi connectivity index (χ0n) is 23.7. The monoisotopic (exact) mass is 708 g/mol. The number of esters is 1. The first-order chi connectivity index (χ1) is 20.2. The molecule has 1 atom stereocenters. The van der Waals surface area contributed by atoms with Crippen LogP contribution in [0.15, 0.2) is 91.0 Å². The van der Waals surface area contributed by atoms with Crippen LogP contribution in [0.1, 0.15) is 61.9 Å². The van der Waals surface area contributed by atoms with Crippen molar-refractivity contribution >= 4 is 60.9 Å². The van der Waals surface area contributed by atoms with Crippen LogP contribution in [0.2, 0.25) is 0 Å². The van der Waals surface area contributed by atoms with Gasteiger partial charge in [-0.3, -0.25) is 9.36 Å². The molecule has 1 aliphatic heterocycles. The summed E-state index contributed by atoms with van der Waals surface area (Å²) in [4.78, 5) is 33.3. The van der Waals surface area contributed by atoms with Crippen LogP contribution in [0.4, 0.5) is 0 Å². The molecule has 0 bridgehead atoms. The van der Waals surface area contributed by atoms with Gasteiger partial charge in [0.25, 0.3) is 5.56 Å². The van der Waals surface area contributed by atoms with Gasteiger partial charge in [-0.1, -0.05) is 95.7 Å². The van der Waals surface area contributed by atoms with Crippen LogP contribution in [-0.2, 0) is 9.53 Å². The molecule has 0 aliphatic carbocycles. The van der Waals surface area contributed by atoms with Gasteiger partial charge in [0.05, 0.1) is 39.5 Å². The van der Waals surface area contributed by atoms with Crippen molar-refractivity contribution in [1.82, 2.24) is 4.57 Å². The molecule has 9 heteroatoms. The number of halogens is 2. The molecule has 6 nitrogen and oxygen atoms in total. The molecule has 0 spiro atoms. The van der Waals surface area contributed by atoms with E-state index in [1.807, 2.05) is 79.7 Å². The summed E-state index contributed by atoms with van der Waals surface area (Å²) in [6.07, 6.45) is 1.82. The van der Waals surface area contributed by atoms with E-state index < -0.39 is 12.0 Å². The Hall–Kier alpha value is -3.27. The molecule has 0 fully saturated rings. The highest BCUT2D eigenvalue weighted by Crippen LogP contribution is 2.36. The Bertz CT molecular complexity index is 1840. The molecular weight excluding hydrogens is 680 g/mol. The Kier molecular flexibility index (Phi) is 9.30. The van der Waals surface area contributed by atoms with Crippen LogP contribution in [0.5, 0.6) is 5.75 Å². The summed E-state index contributed by atoms with van der Waals surface area (Å²) >= 11 is 8.42. The molecule has 42 heavy (non-hydrogen) atoms. The molecule has 216 valence electrons. The number of aromatic nitrogens is 1. The SMILES string of the molecule is CCOC(=O)C1=C(c2ccccc2)N=c2s/c(=C\c3cc(Br)cc(Br)c3OCC)c(=O)n2[C@@H]1c1ccc(C(C)C)cc1. The van der Waals surface area contributed by atoms with Gasteiger partial charge in [0, 0.05) is 15.6 Å². The highest BCUT2D eigenvalue weighted by molar-refractivity contribution is 9.11. The zero-order chi connectivity index (χ0) is 30.0. The Morgan fingerprint density at radius 3 is 2.40 bits per heavy atom. The maximum atomic E-state index is 14.2. The molecule has 3 aromatic carbocycles. The maximum absolute atomic E-state index is 14.2. The summed E-state index contributed by atoms with van der Waals surface area (Å²) in [6.45, 7) is 8.62. The lowest BCUT2D eigenvalue weighted by Crippen LogP contribution is -2.40. The molecular formula is C33H30Br2N2O4S. The molecule has 0 radical (unpaired) electrons. The van der Waals surface area contributed by atoms with Gasteiger partial charge in [0.2, 0.25) is 0 Å². The van der Waals surface area contributed by atoms with E-state index in [0.29, 0.717) is 38.9 Å². The number of fused-ring (bicyclic) bond motifs is 1. The van der Waals surface area contributed by atoms with Gasteiger partial charge in [-0.2, -0.15) is 0 Å². The van der Waals surface area contributed by atoms with E-state index in [-0.39, 0.29) is 12.2 Å². The van der Waals surface area contributed by atoms with Crippen LogP contribution < -0.4 is 19.6 Å². The van der Waals surface area contributed by atoms with E-state index in [1.165, 1.54) is 16.9 Å². The smallest absolute Gasteiger partial charge is 0.338 e. The summed E-state index contributed by atoms with van der Waals surface area (Å²) in [5.74, 6) is 0.483. The fraction of sp³-hybridized carbons (Fsp3) is 0.242. The van der Waals surface area contributed by atoms with Crippen molar-refractivity contribution in [2.45, 2.75) is 39.7 Å². The second kappa shape index (κ2) is 12.9. The summed E-state index contributed by atoms with van der Waals surface area (Å²) < 4.78 is 15.2. The second-order valence-electron chi connectivity index (χ2n) is 9.99. The Labute approximate surface area is 265 Å². The second-order valence-corrected chi connectivity index (χ2v) is 12.8. The summed E-state index contributed by atoms with van der Waals surface area (Å²) in [5, 5.41) is 0. The van der Waals surface area contributed by atoms with E-state index in [2.05, 4.69) is 45.7 Å². The van der Waals surface area contributed by atoms with E-state index in [0.717, 1.165) is 25.6 Å². The predicted octanol–water partition coefficient (Wildman–Crippen LogP) is 6.98. The van der Waals surface area contributed by atoms with Crippen molar-refractivity contribution in [1.29, 1.82) is 0 Å². The standard InChI is InChI=1S/C33H30Br2N2O4S/c1-5-40-30-23(16-24(34)18-25(30)35)17-26-31(38)37-29(22-14-12-20(13-15-22)19(3)4)27(32(39)41-6-2)28(36-33(37)42-26)21-10-8-7-9-11-21/h7-19,29H,5-6H2,1-4H3/b26-17-/t29-/m1/s1. The summed E-state index contributed by atoms with van der Waals surface area (Å²) in [7, 11) is 0. The van der Waals surface area contributed by atoms with E-state index >= 15 is 0 Å². The average molecular weight is 710 g/mol. The number of carbonyl (C=O) groups is 1. The van der Waals surface area contributed by atoms with Crippen LogP contribution in [0.25, 0.3) is 11.8 Å². The molecule has 1 aromatic heterocycles. The molecule has 5 rings (SSSR count). The van der Waals surface area contributed by atoms with Crippen molar-refractivity contribution < 1.29 is 14.3 Å². The maximum Gasteiger partial charge on any atom is 0.338 e. The summed E-state index contributed by atoms with van der Waals surface area (Å²) in [6, 6.07) is 20.7. The van der Waals surface area contributed by atoms with Crippen molar-refractivity contribution in [3.05, 3.63) is 123 Å². The molecule has 1 aliphatic rings. The average Bonchev–Trinajstić information content (AvgIpc) is 3.28. The highest BCUT2D eigenvalue weighted by Gasteiger charge is 2.35. The molecule has 2 heterocycles. The molecule has 0 saturated heterocycles. The lowest BCUT2D eigenvalue weighted by atomic mass is 9.91. The van der Waals surface area contributed by atoms with Crippen molar-refractivity contribution in [2.24, 2.45) is 4.99 Å². The number of hydrogen-bond donors (Lipinski definition) is 0. The van der Waals surface area contributed by atoms with Gasteiger partial charge in [-0.05, 0) is 65.0 Å². The van der Waals surface area contributed by atoms with Gasteiger partial charge >= 0.3 is 5.97 Å². The Balaban J connectivity index is 1.83. The number of thiazole rings is 1. The van der Waals surface area contributed by atoms with E-state index in [4.69, 9.17) is 14.5 Å². The van der Waals surface area contributed by atoms with Gasteiger partial charge in [0.15, 0.2) is 4.80 Å². The van der Waals surface area contributed by atoms with Crippen molar-refractivity contribution in [2.75, 3.05) is 13.2 Å². The topological polar surface area (TPSA) is 69.9 Å². The van der Waals surface area contributed by atoms with Crippen molar-refractivity contribution in [3.8, 4) is 5.75 Å². The first kappa shape index (κ1) is 30.2. The molecule has 0 N–H and O–H groups in total. The largest absolute Gasteiger partial charge is 0.492 e. The third kappa shape index (κ3) is 5.96. The Morgan fingerprint density at radius 2 is 1.76 bits per heavy atom. The van der Waals surface area contributed by atoms with Crippen LogP contribution in [0.3, 0.4) is 0 Å². The minimum Gasteiger partial charge on any atom is -0.492 e. The van der Waals surface area contributed by atoms with E-state index in [1.54, 1.807) is 11.5 Å². The third-order valence-corrected chi connectivity index (χ3v) is 8.93. The third-order valence-electron chi connectivity index (χ3n) is 6.90. The molecule has 0 amide bonds. The minimum atomic E-state index is -0.723. The fourth-order valence-corrected chi connectivity index (χ4v) is 7.31. The first-order valence-electron chi connectivity index (χ1n) is 13.7. The lowest BCUT2D eigenvalue weighted by Gasteiger charge is -2.26. The molecule has 0 saturated carbocycles. The lowest BCUT2D eigenvalue weighted by molar-refractivity contribution is -0.138.